The highest BCUT2D eigenvalue weighted by molar-refractivity contribution is 7.89. The van der Waals surface area contributed by atoms with Crippen molar-refractivity contribution in [3.63, 3.8) is 0 Å². The highest BCUT2D eigenvalue weighted by Crippen LogP contribution is 2.27. The molecule has 1 atom stereocenters. The Kier molecular flexibility index (Phi) is 6.73. The van der Waals surface area contributed by atoms with E-state index < -0.39 is 16.1 Å². The predicted molar refractivity (Wildman–Crippen MR) is 134 cm³/mol. The van der Waals surface area contributed by atoms with Gasteiger partial charge in [-0.15, -0.1) is 0 Å². The SMILES string of the molecule is O=C1CN(S(=O)(=O)c2ccc3ccccc3c2)CC(CO)N1CC1CCN(c2ccncc2)CC1. The fourth-order valence-electron chi connectivity index (χ4n) is 5.12. The molecule has 2 aliphatic rings. The van der Waals surface area contributed by atoms with E-state index in [1.54, 1.807) is 35.5 Å². The molecule has 0 saturated carbocycles. The third-order valence-electron chi connectivity index (χ3n) is 7.15. The maximum absolute atomic E-state index is 13.4. The molecule has 8 nitrogen and oxygen atoms in total. The number of anilines is 1. The van der Waals surface area contributed by atoms with Gasteiger partial charge >= 0.3 is 0 Å². The van der Waals surface area contributed by atoms with Crippen LogP contribution in [0.25, 0.3) is 10.8 Å². The Morgan fingerprint density at radius 3 is 2.40 bits per heavy atom. The number of fused-ring (bicyclic) bond motifs is 1. The monoisotopic (exact) mass is 494 g/mol. The summed E-state index contributed by atoms with van der Waals surface area (Å²) in [5.41, 5.74) is 1.15. The third-order valence-corrected chi connectivity index (χ3v) is 8.96. The number of benzene rings is 2. The van der Waals surface area contributed by atoms with Crippen LogP contribution in [0.1, 0.15) is 12.8 Å². The minimum absolute atomic E-state index is 0.0905. The molecule has 2 fully saturated rings. The Morgan fingerprint density at radius 1 is 0.971 bits per heavy atom. The van der Waals surface area contributed by atoms with E-state index in [1.807, 2.05) is 36.4 Å². The van der Waals surface area contributed by atoms with Crippen LogP contribution in [-0.2, 0) is 14.8 Å². The van der Waals surface area contributed by atoms with Crippen molar-refractivity contribution in [3.05, 3.63) is 67.0 Å². The van der Waals surface area contributed by atoms with Crippen LogP contribution in [0.5, 0.6) is 0 Å². The van der Waals surface area contributed by atoms with E-state index in [1.165, 1.54) is 4.31 Å². The standard InChI is InChI=1S/C26H30N4O4S/c31-19-24-17-29(35(33,34)25-6-5-21-3-1-2-4-22(21)15-25)18-26(32)30(24)16-20-9-13-28(14-10-20)23-7-11-27-12-8-23/h1-8,11-12,15,20,24,31H,9-10,13-14,16-19H2. The zero-order chi connectivity index (χ0) is 24.4. The number of rotatable bonds is 6. The normalized spacial score (nSPS) is 20.5. The van der Waals surface area contributed by atoms with Gasteiger partial charge in [0, 0.05) is 44.3 Å². The first-order valence-electron chi connectivity index (χ1n) is 12.0. The molecule has 1 unspecified atom stereocenters. The van der Waals surface area contributed by atoms with Crippen molar-refractivity contribution in [3.8, 4) is 0 Å². The van der Waals surface area contributed by atoms with E-state index in [-0.39, 0.29) is 30.5 Å². The summed E-state index contributed by atoms with van der Waals surface area (Å²) in [7, 11) is -3.86. The summed E-state index contributed by atoms with van der Waals surface area (Å²) < 4.78 is 27.9. The number of piperidine rings is 1. The van der Waals surface area contributed by atoms with Crippen LogP contribution in [0, 0.1) is 5.92 Å². The number of pyridine rings is 1. The van der Waals surface area contributed by atoms with Gasteiger partial charge in [-0.05, 0) is 53.8 Å². The average Bonchev–Trinajstić information content (AvgIpc) is 2.90. The van der Waals surface area contributed by atoms with Gasteiger partial charge in [0.05, 0.1) is 24.1 Å². The topological polar surface area (TPSA) is 94.0 Å². The molecule has 3 heterocycles. The van der Waals surface area contributed by atoms with Crippen molar-refractivity contribution in [1.82, 2.24) is 14.2 Å². The molecule has 0 radical (unpaired) electrons. The van der Waals surface area contributed by atoms with Crippen LogP contribution < -0.4 is 4.90 Å². The lowest BCUT2D eigenvalue weighted by Crippen LogP contribution is -2.60. The highest BCUT2D eigenvalue weighted by atomic mass is 32.2. The summed E-state index contributed by atoms with van der Waals surface area (Å²) >= 11 is 0. The molecule has 0 bridgehead atoms. The van der Waals surface area contributed by atoms with Crippen molar-refractivity contribution in [2.45, 2.75) is 23.8 Å². The summed E-state index contributed by atoms with van der Waals surface area (Å²) in [6.07, 6.45) is 5.45. The lowest BCUT2D eigenvalue weighted by atomic mass is 9.95. The fourth-order valence-corrected chi connectivity index (χ4v) is 6.58. The molecule has 5 rings (SSSR count). The molecule has 35 heavy (non-hydrogen) atoms. The summed E-state index contributed by atoms with van der Waals surface area (Å²) in [6.45, 7) is 1.93. The molecule has 1 N–H and O–H groups in total. The fraction of sp³-hybridized carbons (Fsp3) is 0.385. The van der Waals surface area contributed by atoms with Gasteiger partial charge in [-0.25, -0.2) is 8.42 Å². The van der Waals surface area contributed by atoms with Gasteiger partial charge in [0.1, 0.15) is 0 Å². The van der Waals surface area contributed by atoms with Crippen molar-refractivity contribution in [1.29, 1.82) is 0 Å². The summed E-state index contributed by atoms with van der Waals surface area (Å²) in [5.74, 6) is 0.0611. The maximum atomic E-state index is 13.4. The molecule has 0 aliphatic carbocycles. The van der Waals surface area contributed by atoms with Gasteiger partial charge in [-0.2, -0.15) is 4.31 Å². The zero-order valence-electron chi connectivity index (χ0n) is 19.5. The number of piperazine rings is 1. The Morgan fingerprint density at radius 2 is 1.69 bits per heavy atom. The second-order valence-corrected chi connectivity index (χ2v) is 11.3. The summed E-state index contributed by atoms with van der Waals surface area (Å²) in [6, 6.07) is 16.0. The number of nitrogens with zero attached hydrogens (tertiary/aromatic N) is 4. The van der Waals surface area contributed by atoms with E-state index in [2.05, 4.69) is 9.88 Å². The lowest BCUT2D eigenvalue weighted by molar-refractivity contribution is -0.139. The van der Waals surface area contributed by atoms with E-state index in [0.717, 1.165) is 42.4 Å². The maximum Gasteiger partial charge on any atom is 0.243 e. The number of aromatic nitrogens is 1. The van der Waals surface area contributed by atoms with E-state index in [4.69, 9.17) is 0 Å². The van der Waals surface area contributed by atoms with Crippen LogP contribution in [0.4, 0.5) is 5.69 Å². The van der Waals surface area contributed by atoms with Crippen LogP contribution in [0.15, 0.2) is 71.9 Å². The Bertz CT molecular complexity index is 1290. The Labute approximate surface area is 205 Å². The van der Waals surface area contributed by atoms with Gasteiger partial charge in [-0.1, -0.05) is 30.3 Å². The van der Waals surface area contributed by atoms with Crippen LogP contribution >= 0.6 is 0 Å². The number of aliphatic hydroxyl groups excluding tert-OH is 1. The van der Waals surface area contributed by atoms with Crippen LogP contribution in [0.2, 0.25) is 0 Å². The quantitative estimate of drug-likeness (QED) is 0.565. The Balaban J connectivity index is 1.25. The van der Waals surface area contributed by atoms with E-state index in [9.17, 15) is 18.3 Å². The number of hydrogen-bond acceptors (Lipinski definition) is 6. The van der Waals surface area contributed by atoms with Crippen molar-refractivity contribution in [2.75, 3.05) is 44.2 Å². The molecule has 2 aromatic carbocycles. The highest BCUT2D eigenvalue weighted by Gasteiger charge is 2.39. The molecular weight excluding hydrogens is 464 g/mol. The lowest BCUT2D eigenvalue weighted by Gasteiger charge is -2.42. The first-order chi connectivity index (χ1) is 17.0. The second-order valence-electron chi connectivity index (χ2n) is 9.32. The van der Waals surface area contributed by atoms with Gasteiger partial charge in [0.25, 0.3) is 0 Å². The molecule has 1 amide bonds. The molecule has 1 aromatic heterocycles. The molecule has 0 spiro atoms. The van der Waals surface area contributed by atoms with E-state index >= 15 is 0 Å². The number of aliphatic hydroxyl groups is 1. The molecule has 2 aliphatic heterocycles. The van der Waals surface area contributed by atoms with Gasteiger partial charge < -0.3 is 14.9 Å². The van der Waals surface area contributed by atoms with Crippen molar-refractivity contribution >= 4 is 32.4 Å². The minimum atomic E-state index is -3.86. The van der Waals surface area contributed by atoms with Crippen molar-refractivity contribution < 1.29 is 18.3 Å². The number of hydrogen-bond donors (Lipinski definition) is 1. The largest absolute Gasteiger partial charge is 0.394 e. The zero-order valence-corrected chi connectivity index (χ0v) is 20.3. The summed E-state index contributed by atoms with van der Waals surface area (Å²) in [5, 5.41) is 11.8. The molecule has 9 heteroatoms. The first-order valence-corrected chi connectivity index (χ1v) is 13.4. The van der Waals surface area contributed by atoms with Crippen molar-refractivity contribution in [2.24, 2.45) is 5.92 Å². The minimum Gasteiger partial charge on any atom is -0.394 e. The van der Waals surface area contributed by atoms with E-state index in [0.29, 0.717) is 12.5 Å². The number of amides is 1. The number of carbonyl (C=O) groups is 1. The third kappa shape index (κ3) is 4.89. The first kappa shape index (κ1) is 23.7. The van der Waals surface area contributed by atoms with Crippen LogP contribution in [-0.4, -0.2) is 79.0 Å². The van der Waals surface area contributed by atoms with Gasteiger partial charge in [-0.3, -0.25) is 9.78 Å². The number of sulfonamides is 1. The number of carbonyl (C=O) groups excluding carboxylic acids is 1. The molecular formula is C26H30N4O4S. The van der Waals surface area contributed by atoms with Crippen LogP contribution in [0.3, 0.4) is 0 Å². The smallest absolute Gasteiger partial charge is 0.243 e. The Hall–Kier alpha value is -3.01. The summed E-state index contributed by atoms with van der Waals surface area (Å²) in [4.78, 5) is 21.4. The molecule has 3 aromatic rings. The van der Waals surface area contributed by atoms with Gasteiger partial charge in [0.15, 0.2) is 0 Å². The van der Waals surface area contributed by atoms with Gasteiger partial charge in [0.2, 0.25) is 15.9 Å². The average molecular weight is 495 g/mol. The molecule has 184 valence electrons. The second kappa shape index (κ2) is 9.93. The predicted octanol–water partition coefficient (Wildman–Crippen LogP) is 2.35. The molecule has 2 saturated heterocycles.